The van der Waals surface area contributed by atoms with Gasteiger partial charge in [0.05, 0.1) is 5.02 Å². The largest absolute Gasteiger partial charge is 0.372 e. The molecule has 1 fully saturated rings. The van der Waals surface area contributed by atoms with Crippen molar-refractivity contribution in [2.45, 2.75) is 51.6 Å². The summed E-state index contributed by atoms with van der Waals surface area (Å²) in [5.74, 6) is -0.896. The molecule has 3 aromatic rings. The highest BCUT2D eigenvalue weighted by molar-refractivity contribution is 6.33. The van der Waals surface area contributed by atoms with E-state index in [9.17, 15) is 19.1 Å². The van der Waals surface area contributed by atoms with Crippen LogP contribution in [0.15, 0.2) is 60.7 Å². The number of nitrogens with one attached hydrogen (secondary N) is 2. The Labute approximate surface area is 257 Å². The predicted octanol–water partition coefficient (Wildman–Crippen LogP) is 6.66. The second kappa shape index (κ2) is 14.0. The molecule has 0 radical (unpaired) electrons. The highest BCUT2D eigenvalue weighted by Crippen LogP contribution is 2.38. The number of aliphatic hydroxyl groups is 1. The molecule has 1 aliphatic rings. The first-order valence-corrected chi connectivity index (χ1v) is 15.1. The Bertz CT molecular complexity index is 1430. The molecule has 9 heteroatoms. The van der Waals surface area contributed by atoms with E-state index in [1.54, 1.807) is 24.3 Å². The lowest BCUT2D eigenvalue weighted by atomic mass is 9.85. The van der Waals surface area contributed by atoms with Crippen molar-refractivity contribution in [2.24, 2.45) is 5.92 Å². The van der Waals surface area contributed by atoms with Crippen molar-refractivity contribution in [1.29, 1.82) is 0 Å². The van der Waals surface area contributed by atoms with E-state index in [0.717, 1.165) is 50.3 Å². The van der Waals surface area contributed by atoms with Gasteiger partial charge in [-0.1, -0.05) is 67.4 Å². The van der Waals surface area contributed by atoms with Gasteiger partial charge < -0.3 is 20.6 Å². The summed E-state index contributed by atoms with van der Waals surface area (Å²) in [5, 5.41) is 17.7. The Kier molecular flexibility index (Phi) is 10.7. The highest BCUT2D eigenvalue weighted by Gasteiger charge is 2.43. The number of carbonyl (C=O) groups excluding carboxylic acids is 2. The van der Waals surface area contributed by atoms with Crippen LogP contribution in [0.25, 0.3) is 0 Å². The Balaban J connectivity index is 1.34. The van der Waals surface area contributed by atoms with Gasteiger partial charge in [0.15, 0.2) is 5.60 Å². The molecular formula is C33H38Cl2FN3O3. The van der Waals surface area contributed by atoms with Gasteiger partial charge in [-0.15, -0.1) is 0 Å². The number of anilines is 1. The number of piperidine rings is 1. The van der Waals surface area contributed by atoms with Crippen molar-refractivity contribution in [3.8, 4) is 0 Å². The van der Waals surface area contributed by atoms with E-state index in [0.29, 0.717) is 18.9 Å². The monoisotopic (exact) mass is 613 g/mol. The third kappa shape index (κ3) is 7.32. The smallest absolute Gasteiger partial charge is 0.261 e. The fourth-order valence-corrected chi connectivity index (χ4v) is 6.05. The lowest BCUT2D eigenvalue weighted by Crippen LogP contribution is -2.46. The average molecular weight is 615 g/mol. The Morgan fingerprint density at radius 1 is 1.02 bits per heavy atom. The van der Waals surface area contributed by atoms with Crippen molar-refractivity contribution >= 4 is 40.7 Å². The normalized spacial score (nSPS) is 15.8. The number of likely N-dealkylation sites (tertiary alicyclic amines) is 1. The second-order valence-corrected chi connectivity index (χ2v) is 12.1. The molecule has 224 valence electrons. The van der Waals surface area contributed by atoms with Crippen molar-refractivity contribution < 1.29 is 19.1 Å². The van der Waals surface area contributed by atoms with Crippen LogP contribution in [0, 0.1) is 18.7 Å². The molecule has 1 unspecified atom stereocenters. The minimum Gasteiger partial charge on any atom is -0.372 e. The SMILES string of the molecule is Cc1ccc(NC(=O)C(C)C)cc1C1CCN(CCCNC(=O)C(O)(c2ccccc2Cl)c2ccc(F)cc2Cl)CC1. The summed E-state index contributed by atoms with van der Waals surface area (Å²) < 4.78 is 13.8. The number of aryl methyl sites for hydroxylation is 1. The molecule has 42 heavy (non-hydrogen) atoms. The first-order valence-electron chi connectivity index (χ1n) is 14.4. The fraction of sp³-hybridized carbons (Fsp3) is 0.394. The van der Waals surface area contributed by atoms with E-state index in [2.05, 4.69) is 34.6 Å². The first kappa shape index (κ1) is 32.0. The van der Waals surface area contributed by atoms with Crippen LogP contribution in [0.3, 0.4) is 0 Å². The molecule has 2 amide bonds. The molecule has 1 aliphatic heterocycles. The molecule has 1 saturated heterocycles. The number of nitrogens with zero attached hydrogens (tertiary/aromatic N) is 1. The third-order valence-electron chi connectivity index (χ3n) is 7.95. The summed E-state index contributed by atoms with van der Waals surface area (Å²) in [4.78, 5) is 28.0. The Hall–Kier alpha value is -2.97. The van der Waals surface area contributed by atoms with Crippen LogP contribution in [0.1, 0.15) is 61.3 Å². The second-order valence-electron chi connectivity index (χ2n) is 11.3. The lowest BCUT2D eigenvalue weighted by molar-refractivity contribution is -0.136. The average Bonchev–Trinajstić information content (AvgIpc) is 2.96. The summed E-state index contributed by atoms with van der Waals surface area (Å²) in [6.07, 6.45) is 2.69. The van der Waals surface area contributed by atoms with E-state index in [4.69, 9.17) is 23.2 Å². The molecule has 3 N–H and O–H groups in total. The van der Waals surface area contributed by atoms with Gasteiger partial charge in [0.2, 0.25) is 5.91 Å². The molecule has 0 aromatic heterocycles. The molecule has 0 aliphatic carbocycles. The van der Waals surface area contributed by atoms with Gasteiger partial charge in [0, 0.05) is 34.3 Å². The van der Waals surface area contributed by atoms with Crippen LogP contribution in [0.4, 0.5) is 10.1 Å². The van der Waals surface area contributed by atoms with E-state index in [1.807, 2.05) is 19.9 Å². The van der Waals surface area contributed by atoms with E-state index >= 15 is 0 Å². The van der Waals surface area contributed by atoms with Crippen molar-refractivity contribution in [1.82, 2.24) is 10.2 Å². The van der Waals surface area contributed by atoms with Gasteiger partial charge >= 0.3 is 0 Å². The lowest BCUT2D eigenvalue weighted by Gasteiger charge is -2.33. The van der Waals surface area contributed by atoms with Gasteiger partial charge in [-0.05, 0) is 93.2 Å². The van der Waals surface area contributed by atoms with Crippen LogP contribution >= 0.6 is 23.2 Å². The predicted molar refractivity (Wildman–Crippen MR) is 167 cm³/mol. The van der Waals surface area contributed by atoms with E-state index < -0.39 is 17.3 Å². The fourth-order valence-electron chi connectivity index (χ4n) is 5.47. The molecule has 1 atom stereocenters. The van der Waals surface area contributed by atoms with Gasteiger partial charge in [-0.3, -0.25) is 9.59 Å². The molecule has 4 rings (SSSR count). The van der Waals surface area contributed by atoms with Crippen LogP contribution in [0.5, 0.6) is 0 Å². The summed E-state index contributed by atoms with van der Waals surface area (Å²) in [6, 6.07) is 16.2. The van der Waals surface area contributed by atoms with E-state index in [1.165, 1.54) is 17.2 Å². The zero-order valence-corrected chi connectivity index (χ0v) is 25.7. The number of halogens is 3. The number of hydrogen-bond donors (Lipinski definition) is 3. The molecule has 0 bridgehead atoms. The van der Waals surface area contributed by atoms with Crippen LogP contribution < -0.4 is 10.6 Å². The Morgan fingerprint density at radius 3 is 2.38 bits per heavy atom. The number of amides is 2. The molecule has 3 aromatic carbocycles. The summed E-state index contributed by atoms with van der Waals surface area (Å²) in [7, 11) is 0. The summed E-state index contributed by atoms with van der Waals surface area (Å²) in [6.45, 7) is 8.85. The van der Waals surface area contributed by atoms with Gasteiger partial charge in [0.1, 0.15) is 5.82 Å². The number of hydrogen-bond acceptors (Lipinski definition) is 4. The third-order valence-corrected chi connectivity index (χ3v) is 8.59. The van der Waals surface area contributed by atoms with E-state index in [-0.39, 0.29) is 33.0 Å². The van der Waals surface area contributed by atoms with Crippen LogP contribution in [-0.2, 0) is 15.2 Å². The zero-order chi connectivity index (χ0) is 30.4. The maximum atomic E-state index is 13.8. The van der Waals surface area contributed by atoms with Crippen molar-refractivity contribution in [2.75, 3.05) is 31.5 Å². The molecular weight excluding hydrogens is 576 g/mol. The minimum absolute atomic E-state index is 0.0118. The highest BCUT2D eigenvalue weighted by atomic mass is 35.5. The topological polar surface area (TPSA) is 81.7 Å². The summed E-state index contributed by atoms with van der Waals surface area (Å²) >= 11 is 12.7. The molecule has 1 heterocycles. The minimum atomic E-state index is -2.19. The number of carbonyl (C=O) groups is 2. The molecule has 6 nitrogen and oxygen atoms in total. The maximum absolute atomic E-state index is 13.8. The van der Waals surface area contributed by atoms with Gasteiger partial charge in [-0.2, -0.15) is 0 Å². The maximum Gasteiger partial charge on any atom is 0.261 e. The first-order chi connectivity index (χ1) is 20.0. The summed E-state index contributed by atoms with van der Waals surface area (Å²) in [5.41, 5.74) is 1.38. The standard InChI is InChI=1S/C33H38Cl2FN3O3/c1-21(2)31(40)38-25-11-9-22(3)26(20-25)23-13-17-39(18-14-23)16-6-15-37-32(41)33(42,27-7-4-5-8-29(27)34)28-12-10-24(36)19-30(28)35/h4-5,7-12,19-21,23,42H,6,13-18H2,1-3H3,(H,37,41)(H,38,40). The molecule has 0 saturated carbocycles. The van der Waals surface area contributed by atoms with Crippen molar-refractivity contribution in [3.63, 3.8) is 0 Å². The van der Waals surface area contributed by atoms with Crippen LogP contribution in [-0.4, -0.2) is 48.0 Å². The van der Waals surface area contributed by atoms with Crippen molar-refractivity contribution in [3.05, 3.63) is 98.8 Å². The quantitative estimate of drug-likeness (QED) is 0.223. The number of benzene rings is 3. The number of rotatable bonds is 10. The zero-order valence-electron chi connectivity index (χ0n) is 24.2. The Morgan fingerprint density at radius 2 is 1.71 bits per heavy atom. The van der Waals surface area contributed by atoms with Gasteiger partial charge in [-0.25, -0.2) is 4.39 Å². The van der Waals surface area contributed by atoms with Crippen LogP contribution in [0.2, 0.25) is 10.0 Å². The van der Waals surface area contributed by atoms with Gasteiger partial charge in [0.25, 0.3) is 5.91 Å². The molecule has 0 spiro atoms.